The van der Waals surface area contributed by atoms with Gasteiger partial charge in [0.15, 0.2) is 0 Å². The Labute approximate surface area is 158 Å². The van der Waals surface area contributed by atoms with Gasteiger partial charge in [0.1, 0.15) is 19.0 Å². The Bertz CT molecular complexity index is 925. The number of aromatic nitrogens is 1. The second kappa shape index (κ2) is 7.55. The number of carbonyl (C=O) groups is 2. The van der Waals surface area contributed by atoms with E-state index >= 15 is 0 Å². The van der Waals surface area contributed by atoms with E-state index in [0.29, 0.717) is 10.8 Å². The van der Waals surface area contributed by atoms with Crippen molar-refractivity contribution in [1.29, 1.82) is 0 Å². The maximum absolute atomic E-state index is 14.5. The number of hydrogen-bond donors (Lipinski definition) is 3. The molecule has 0 bridgehead atoms. The molecule has 0 radical (unpaired) electrons. The van der Waals surface area contributed by atoms with Crippen molar-refractivity contribution in [3.05, 3.63) is 30.0 Å². The van der Waals surface area contributed by atoms with Crippen LogP contribution in [0.2, 0.25) is 0 Å². The molecule has 0 aliphatic carbocycles. The van der Waals surface area contributed by atoms with Gasteiger partial charge in [0.25, 0.3) is 11.8 Å². The third kappa shape index (κ3) is 3.19. The molecule has 10 heteroatoms. The molecule has 2 aromatic rings. The molecule has 8 nitrogen and oxygen atoms in total. The van der Waals surface area contributed by atoms with E-state index in [0.717, 1.165) is 0 Å². The monoisotopic (exact) mass is 395 g/mol. The van der Waals surface area contributed by atoms with Crippen LogP contribution in [0.4, 0.5) is 8.78 Å². The number of nitrogens with one attached hydrogen (secondary N) is 1. The fraction of sp³-hybridized carbons (Fsp3) is 0.389. The zero-order valence-electron chi connectivity index (χ0n) is 14.9. The minimum Gasteiger partial charge on any atom is -0.496 e. The number of fused-ring (bicyclic) bond motifs is 1. The first-order valence-corrected chi connectivity index (χ1v) is 8.41. The van der Waals surface area contributed by atoms with E-state index in [-0.39, 0.29) is 23.8 Å². The molecule has 1 fully saturated rings. The summed E-state index contributed by atoms with van der Waals surface area (Å²) in [6, 6.07) is 3.74. The molecule has 0 spiro atoms. The maximum atomic E-state index is 14.5. The Morgan fingerprint density at radius 2 is 2.21 bits per heavy atom. The van der Waals surface area contributed by atoms with Gasteiger partial charge in [-0.1, -0.05) is 0 Å². The van der Waals surface area contributed by atoms with Gasteiger partial charge in [-0.25, -0.2) is 13.8 Å². The first kappa shape index (κ1) is 19.7. The van der Waals surface area contributed by atoms with Gasteiger partial charge >= 0.3 is 0 Å². The van der Waals surface area contributed by atoms with Gasteiger partial charge in [-0.2, -0.15) is 0 Å². The van der Waals surface area contributed by atoms with Crippen molar-refractivity contribution in [2.45, 2.75) is 11.7 Å². The highest BCUT2D eigenvalue weighted by Gasteiger charge is 2.56. The van der Waals surface area contributed by atoms with Crippen molar-refractivity contribution in [2.24, 2.45) is 11.7 Å². The SMILES string of the molecule is COc1cc2c(OC[C@H]3NC(=O)[C@](F)(CF)C3CO)nccc2cc1C(N)=O. The van der Waals surface area contributed by atoms with Gasteiger partial charge < -0.3 is 25.6 Å². The molecule has 1 aromatic carbocycles. The lowest BCUT2D eigenvalue weighted by molar-refractivity contribution is -0.132. The summed E-state index contributed by atoms with van der Waals surface area (Å²) in [4.78, 5) is 27.4. The van der Waals surface area contributed by atoms with E-state index in [1.165, 1.54) is 25.4 Å². The zero-order valence-corrected chi connectivity index (χ0v) is 14.9. The van der Waals surface area contributed by atoms with E-state index < -0.39 is 42.7 Å². The summed E-state index contributed by atoms with van der Waals surface area (Å²) < 4.78 is 38.3. The molecule has 4 N–H and O–H groups in total. The molecule has 150 valence electrons. The van der Waals surface area contributed by atoms with Crippen molar-refractivity contribution < 1.29 is 33.0 Å². The van der Waals surface area contributed by atoms with Gasteiger partial charge in [0, 0.05) is 11.6 Å². The second-order valence-corrected chi connectivity index (χ2v) is 6.43. The van der Waals surface area contributed by atoms with Crippen LogP contribution in [0.25, 0.3) is 10.8 Å². The van der Waals surface area contributed by atoms with Crippen LogP contribution < -0.4 is 20.5 Å². The van der Waals surface area contributed by atoms with Gasteiger partial charge in [-0.05, 0) is 23.6 Å². The number of benzene rings is 1. The second-order valence-electron chi connectivity index (χ2n) is 6.43. The fourth-order valence-corrected chi connectivity index (χ4v) is 3.29. The van der Waals surface area contributed by atoms with Crippen molar-refractivity contribution >= 4 is 22.6 Å². The Hall–Kier alpha value is -3.01. The third-order valence-electron chi connectivity index (χ3n) is 4.87. The topological polar surface area (TPSA) is 124 Å². The lowest BCUT2D eigenvalue weighted by atomic mass is 9.89. The van der Waals surface area contributed by atoms with Gasteiger partial charge in [-0.15, -0.1) is 0 Å². The number of alkyl halides is 2. The fourth-order valence-electron chi connectivity index (χ4n) is 3.29. The standard InChI is InChI=1S/C18H19F2N3O5/c1-27-14-5-10-9(4-11(14)15(21)25)2-3-22-16(10)28-7-13-12(6-24)18(20,8-19)17(26)23-13/h2-5,12-13,24H,6-8H2,1H3,(H2,21,25)(H,23,26)/t12?,13-,18+/m1/s1. The molecule has 1 aliphatic heterocycles. The maximum Gasteiger partial charge on any atom is 0.261 e. The van der Waals surface area contributed by atoms with E-state index in [1.807, 2.05) is 0 Å². The molecule has 3 atom stereocenters. The van der Waals surface area contributed by atoms with Crippen LogP contribution in [-0.2, 0) is 4.79 Å². The van der Waals surface area contributed by atoms with Crippen LogP contribution in [0.5, 0.6) is 11.6 Å². The van der Waals surface area contributed by atoms with E-state index in [2.05, 4.69) is 10.3 Å². The lowest BCUT2D eigenvalue weighted by Crippen LogP contribution is -2.42. The minimum atomic E-state index is -2.80. The van der Waals surface area contributed by atoms with Gasteiger partial charge in [-0.3, -0.25) is 9.59 Å². The minimum absolute atomic E-state index is 0.134. The first-order chi connectivity index (χ1) is 13.3. The molecule has 3 rings (SSSR count). The number of hydrogen-bond acceptors (Lipinski definition) is 6. The summed E-state index contributed by atoms with van der Waals surface area (Å²) in [5, 5.41) is 12.8. The normalized spacial score (nSPS) is 24.2. The summed E-state index contributed by atoms with van der Waals surface area (Å²) in [6.07, 6.45) is 1.44. The van der Waals surface area contributed by atoms with Crippen LogP contribution in [0.1, 0.15) is 10.4 Å². The van der Waals surface area contributed by atoms with Gasteiger partial charge in [0.05, 0.1) is 31.2 Å². The first-order valence-electron chi connectivity index (χ1n) is 8.41. The number of pyridine rings is 1. The number of aliphatic hydroxyl groups is 1. The van der Waals surface area contributed by atoms with Crippen molar-refractivity contribution in [3.63, 3.8) is 0 Å². The van der Waals surface area contributed by atoms with Crippen molar-refractivity contribution in [3.8, 4) is 11.6 Å². The molecule has 0 saturated carbocycles. The molecular weight excluding hydrogens is 376 g/mol. The molecule has 1 aromatic heterocycles. The molecular formula is C18H19F2N3O5. The summed E-state index contributed by atoms with van der Waals surface area (Å²) in [7, 11) is 1.38. The third-order valence-corrected chi connectivity index (χ3v) is 4.87. The smallest absolute Gasteiger partial charge is 0.261 e. The lowest BCUT2D eigenvalue weighted by Gasteiger charge is -2.23. The number of methoxy groups -OCH3 is 1. The molecule has 1 saturated heterocycles. The van der Waals surface area contributed by atoms with Crippen LogP contribution >= 0.6 is 0 Å². The number of nitrogens with two attached hydrogens (primary N) is 1. The van der Waals surface area contributed by atoms with Crippen LogP contribution in [-0.4, -0.2) is 60.6 Å². The summed E-state index contributed by atoms with van der Waals surface area (Å²) in [6.45, 7) is -2.51. The van der Waals surface area contributed by atoms with Crippen LogP contribution in [0, 0.1) is 5.92 Å². The Balaban J connectivity index is 1.89. The Kier molecular flexibility index (Phi) is 5.32. The quantitative estimate of drug-likeness (QED) is 0.628. The number of ether oxygens (including phenoxy) is 2. The number of rotatable bonds is 7. The highest BCUT2D eigenvalue weighted by atomic mass is 19.2. The Morgan fingerprint density at radius 3 is 2.82 bits per heavy atom. The van der Waals surface area contributed by atoms with Crippen molar-refractivity contribution in [1.82, 2.24) is 10.3 Å². The number of aliphatic hydroxyl groups excluding tert-OH is 1. The molecule has 28 heavy (non-hydrogen) atoms. The largest absolute Gasteiger partial charge is 0.496 e. The number of halogens is 2. The summed E-state index contributed by atoms with van der Waals surface area (Å²) in [5.41, 5.74) is 2.73. The number of nitrogens with zero attached hydrogens (tertiary/aromatic N) is 1. The molecule has 1 aliphatic rings. The van der Waals surface area contributed by atoms with Crippen LogP contribution in [0.3, 0.4) is 0 Å². The van der Waals surface area contributed by atoms with E-state index in [1.54, 1.807) is 6.07 Å². The number of primary amides is 1. The van der Waals surface area contributed by atoms with E-state index in [4.69, 9.17) is 15.2 Å². The van der Waals surface area contributed by atoms with Crippen molar-refractivity contribution in [2.75, 3.05) is 27.0 Å². The zero-order chi connectivity index (χ0) is 20.5. The molecule has 1 unspecified atom stereocenters. The Morgan fingerprint density at radius 1 is 1.46 bits per heavy atom. The summed E-state index contributed by atoms with van der Waals surface area (Å²) in [5.74, 6) is -2.73. The predicted molar refractivity (Wildman–Crippen MR) is 94.6 cm³/mol. The van der Waals surface area contributed by atoms with Gasteiger partial charge in [0.2, 0.25) is 11.5 Å². The highest BCUT2D eigenvalue weighted by Crippen LogP contribution is 2.34. The summed E-state index contributed by atoms with van der Waals surface area (Å²) >= 11 is 0. The van der Waals surface area contributed by atoms with E-state index in [9.17, 15) is 23.5 Å². The van der Waals surface area contributed by atoms with Crippen LogP contribution in [0.15, 0.2) is 24.4 Å². The average Bonchev–Trinajstić information content (AvgIpc) is 2.94. The average molecular weight is 395 g/mol. The molecule has 2 heterocycles. The number of carbonyl (C=O) groups excluding carboxylic acids is 2. The molecule has 2 amide bonds. The number of amides is 2. The highest BCUT2D eigenvalue weighted by molar-refractivity contribution is 6.01. The predicted octanol–water partition coefficient (Wildman–Crippen LogP) is 0.506.